The summed E-state index contributed by atoms with van der Waals surface area (Å²) in [5.41, 5.74) is -2.47. The zero-order valence-corrected chi connectivity index (χ0v) is 9.57. The van der Waals surface area contributed by atoms with Crippen molar-refractivity contribution in [1.82, 2.24) is 0 Å². The maximum Gasteiger partial charge on any atom is 0.312 e. The van der Waals surface area contributed by atoms with Crippen LogP contribution in [0.2, 0.25) is 0 Å². The molecule has 1 N–H and O–H groups in total. The number of aliphatic hydroxyl groups is 1. The van der Waals surface area contributed by atoms with Gasteiger partial charge in [0.2, 0.25) is 0 Å². The van der Waals surface area contributed by atoms with Gasteiger partial charge >= 0.3 is 5.97 Å². The van der Waals surface area contributed by atoms with Crippen LogP contribution in [0.3, 0.4) is 0 Å². The lowest BCUT2D eigenvalue weighted by Gasteiger charge is -2.46. The highest BCUT2D eigenvalue weighted by Gasteiger charge is 2.70. The summed E-state index contributed by atoms with van der Waals surface area (Å²) < 4.78 is 19.6. The Hall–Kier alpha value is -0.640. The van der Waals surface area contributed by atoms with E-state index < -0.39 is 35.2 Å². The summed E-state index contributed by atoms with van der Waals surface area (Å²) >= 11 is 0. The summed E-state index contributed by atoms with van der Waals surface area (Å²) in [4.78, 5) is 11.8. The molecule has 3 nitrogen and oxygen atoms in total. The third-order valence-corrected chi connectivity index (χ3v) is 5.05. The molecule has 6 atom stereocenters. The van der Waals surface area contributed by atoms with E-state index >= 15 is 0 Å². The van der Waals surface area contributed by atoms with Crippen molar-refractivity contribution in [3.63, 3.8) is 0 Å². The van der Waals surface area contributed by atoms with Crippen molar-refractivity contribution >= 4 is 5.97 Å². The smallest absolute Gasteiger partial charge is 0.312 e. The molecule has 0 radical (unpaired) electrons. The highest BCUT2D eigenvalue weighted by molar-refractivity contribution is 5.78. The first-order valence-corrected chi connectivity index (χ1v) is 5.99. The number of carbonyl (C=O) groups is 1. The van der Waals surface area contributed by atoms with Gasteiger partial charge in [0.25, 0.3) is 0 Å². The lowest BCUT2D eigenvalue weighted by molar-refractivity contribution is -0.155. The van der Waals surface area contributed by atoms with Gasteiger partial charge in [0.05, 0.1) is 5.92 Å². The van der Waals surface area contributed by atoms with Crippen LogP contribution in [0.4, 0.5) is 4.39 Å². The fraction of sp³-hybridized carbons (Fsp3) is 0.917. The van der Waals surface area contributed by atoms with Gasteiger partial charge in [0.1, 0.15) is 17.4 Å². The van der Waals surface area contributed by atoms with Crippen molar-refractivity contribution in [2.45, 2.75) is 50.5 Å². The van der Waals surface area contributed by atoms with Gasteiger partial charge in [-0.05, 0) is 32.1 Å². The molecule has 0 spiro atoms. The van der Waals surface area contributed by atoms with E-state index in [1.54, 1.807) is 6.92 Å². The zero-order valence-electron chi connectivity index (χ0n) is 9.57. The molecule has 0 aromatic carbocycles. The Bertz CT molecular complexity index is 354. The molecule has 0 bridgehead atoms. The van der Waals surface area contributed by atoms with Crippen molar-refractivity contribution in [2.75, 3.05) is 0 Å². The van der Waals surface area contributed by atoms with Crippen LogP contribution in [0, 0.1) is 17.8 Å². The summed E-state index contributed by atoms with van der Waals surface area (Å²) in [5, 5.41) is 10.7. The quantitative estimate of drug-likeness (QED) is 0.638. The molecule has 3 fully saturated rings. The predicted molar refractivity (Wildman–Crippen MR) is 54.3 cm³/mol. The number of ether oxygens (including phenoxy) is 1. The molecule has 1 saturated heterocycles. The van der Waals surface area contributed by atoms with E-state index in [-0.39, 0.29) is 5.92 Å². The van der Waals surface area contributed by atoms with Crippen molar-refractivity contribution in [3.05, 3.63) is 0 Å². The topological polar surface area (TPSA) is 46.5 Å². The highest BCUT2D eigenvalue weighted by Crippen LogP contribution is 2.59. The summed E-state index contributed by atoms with van der Waals surface area (Å²) in [5.74, 6) is -1.67. The van der Waals surface area contributed by atoms with Crippen molar-refractivity contribution in [1.29, 1.82) is 0 Å². The summed E-state index contributed by atoms with van der Waals surface area (Å²) in [6.07, 6.45) is 1.38. The normalized spacial score (nSPS) is 59.6. The second-order valence-corrected chi connectivity index (χ2v) is 5.84. The Kier molecular flexibility index (Phi) is 1.83. The molecule has 0 amide bonds. The monoisotopic (exact) mass is 228 g/mol. The largest absolute Gasteiger partial charge is 0.459 e. The van der Waals surface area contributed by atoms with Gasteiger partial charge in [-0.15, -0.1) is 0 Å². The molecule has 2 aliphatic carbocycles. The SMILES string of the molecule is CC1C2C(=O)O[C@@H]3CC[C@H](C[C@]1(C)F)[C@]23O. The number of carbonyl (C=O) groups excluding carboxylic acids is 1. The molecule has 3 rings (SSSR count). The standard InChI is InChI=1S/C12H17FO3/c1-6-9-10(14)16-8-4-3-7(12(8,9)15)5-11(6,2)13/h6-9,15H,3-5H2,1-2H3/t6?,7-,8-,9?,11+,12-/m1/s1. The number of halogens is 1. The third-order valence-electron chi connectivity index (χ3n) is 5.05. The number of alkyl halides is 1. The zero-order chi connectivity index (χ0) is 11.7. The molecular formula is C12H17FO3. The Morgan fingerprint density at radius 2 is 2.19 bits per heavy atom. The van der Waals surface area contributed by atoms with Gasteiger partial charge in [-0.25, -0.2) is 4.39 Å². The molecule has 0 aromatic rings. The molecule has 1 aliphatic heterocycles. The Labute approximate surface area is 94.0 Å². The van der Waals surface area contributed by atoms with E-state index in [1.165, 1.54) is 6.92 Å². The second-order valence-electron chi connectivity index (χ2n) is 5.84. The molecular weight excluding hydrogens is 211 g/mol. The van der Waals surface area contributed by atoms with Crippen molar-refractivity contribution < 1.29 is 19.0 Å². The van der Waals surface area contributed by atoms with Gasteiger partial charge in [0, 0.05) is 5.92 Å². The summed E-state index contributed by atoms with van der Waals surface area (Å²) in [7, 11) is 0. The van der Waals surface area contributed by atoms with Crippen LogP contribution >= 0.6 is 0 Å². The lowest BCUT2D eigenvalue weighted by Crippen LogP contribution is -2.58. The number of hydrogen-bond donors (Lipinski definition) is 1. The fourth-order valence-corrected chi connectivity index (χ4v) is 3.97. The maximum atomic E-state index is 14.4. The molecule has 4 heteroatoms. The van der Waals surface area contributed by atoms with Crippen molar-refractivity contribution in [2.24, 2.45) is 17.8 Å². The first-order valence-electron chi connectivity index (χ1n) is 5.99. The predicted octanol–water partition coefficient (Wildman–Crippen LogP) is 1.44. The summed E-state index contributed by atoms with van der Waals surface area (Å²) in [6.45, 7) is 3.25. The molecule has 0 aromatic heterocycles. The van der Waals surface area contributed by atoms with Crippen LogP contribution in [0.5, 0.6) is 0 Å². The minimum Gasteiger partial charge on any atom is -0.459 e. The Balaban J connectivity index is 2.08. The first kappa shape index (κ1) is 10.5. The van der Waals surface area contributed by atoms with Crippen LogP contribution in [0.15, 0.2) is 0 Å². The average Bonchev–Trinajstić information content (AvgIpc) is 2.59. The van der Waals surface area contributed by atoms with E-state index in [9.17, 15) is 14.3 Å². The van der Waals surface area contributed by atoms with E-state index in [0.717, 1.165) is 6.42 Å². The molecule has 90 valence electrons. The Morgan fingerprint density at radius 3 is 2.88 bits per heavy atom. The second kappa shape index (κ2) is 2.78. The Morgan fingerprint density at radius 1 is 1.50 bits per heavy atom. The van der Waals surface area contributed by atoms with E-state index in [1.807, 2.05) is 0 Å². The van der Waals surface area contributed by atoms with Gasteiger partial charge in [-0.2, -0.15) is 0 Å². The van der Waals surface area contributed by atoms with Crippen LogP contribution in [-0.2, 0) is 9.53 Å². The molecule has 2 unspecified atom stereocenters. The van der Waals surface area contributed by atoms with E-state index in [2.05, 4.69) is 0 Å². The number of esters is 1. The average molecular weight is 228 g/mol. The molecule has 3 aliphatic rings. The van der Waals surface area contributed by atoms with E-state index in [4.69, 9.17) is 4.74 Å². The lowest BCUT2D eigenvalue weighted by atomic mass is 9.60. The van der Waals surface area contributed by atoms with Crippen LogP contribution < -0.4 is 0 Å². The van der Waals surface area contributed by atoms with Crippen molar-refractivity contribution in [3.8, 4) is 0 Å². The van der Waals surface area contributed by atoms with Gasteiger partial charge in [-0.3, -0.25) is 4.79 Å². The van der Waals surface area contributed by atoms with Crippen LogP contribution in [0.1, 0.15) is 33.1 Å². The van der Waals surface area contributed by atoms with Crippen LogP contribution in [0.25, 0.3) is 0 Å². The first-order chi connectivity index (χ1) is 7.37. The highest BCUT2D eigenvalue weighted by atomic mass is 19.1. The van der Waals surface area contributed by atoms with Crippen LogP contribution in [-0.4, -0.2) is 28.4 Å². The van der Waals surface area contributed by atoms with E-state index in [0.29, 0.717) is 12.8 Å². The third kappa shape index (κ3) is 0.992. The number of rotatable bonds is 0. The fourth-order valence-electron chi connectivity index (χ4n) is 3.97. The van der Waals surface area contributed by atoms with Gasteiger partial charge in [-0.1, -0.05) is 6.92 Å². The molecule has 16 heavy (non-hydrogen) atoms. The maximum absolute atomic E-state index is 14.4. The molecule has 2 saturated carbocycles. The van der Waals surface area contributed by atoms with Gasteiger partial charge < -0.3 is 9.84 Å². The minimum absolute atomic E-state index is 0.125. The number of hydrogen-bond acceptors (Lipinski definition) is 3. The summed E-state index contributed by atoms with van der Waals surface area (Å²) in [6, 6.07) is 0. The van der Waals surface area contributed by atoms with Gasteiger partial charge in [0.15, 0.2) is 0 Å². The minimum atomic E-state index is -1.38. The molecule has 1 heterocycles.